The molecule has 0 saturated heterocycles. The monoisotopic (exact) mass is 189 g/mol. The van der Waals surface area contributed by atoms with Crippen LogP contribution in [0.2, 0.25) is 0 Å². The number of fused-ring (bicyclic) bond motifs is 1. The smallest absolute Gasteiger partial charge is 0.261 e. The topological polar surface area (TPSA) is 31.2 Å². The van der Waals surface area contributed by atoms with Crippen LogP contribution in [0, 0.1) is 0 Å². The molecule has 0 aliphatic rings. The third-order valence-electron chi connectivity index (χ3n) is 2.29. The zero-order valence-corrected chi connectivity index (χ0v) is 8.15. The van der Waals surface area contributed by atoms with E-state index in [9.17, 15) is 4.79 Å². The van der Waals surface area contributed by atoms with E-state index in [-0.39, 0.29) is 5.56 Å². The van der Waals surface area contributed by atoms with E-state index in [0.717, 1.165) is 5.39 Å². The number of benzene rings is 1. The van der Waals surface area contributed by atoms with Crippen LogP contribution in [0.4, 0.5) is 0 Å². The van der Waals surface area contributed by atoms with Crippen LogP contribution < -0.4 is 10.3 Å². The maximum atomic E-state index is 11.8. The summed E-state index contributed by atoms with van der Waals surface area (Å²) in [6, 6.07) is 7.48. The zero-order chi connectivity index (χ0) is 10.1. The van der Waals surface area contributed by atoms with Crippen molar-refractivity contribution < 1.29 is 4.74 Å². The summed E-state index contributed by atoms with van der Waals surface area (Å²) in [4.78, 5) is 11.8. The number of nitrogens with zero attached hydrogens (tertiary/aromatic N) is 1. The van der Waals surface area contributed by atoms with E-state index in [1.54, 1.807) is 31.0 Å². The van der Waals surface area contributed by atoms with Gasteiger partial charge in [0.2, 0.25) is 0 Å². The molecule has 0 unspecified atom stereocenters. The van der Waals surface area contributed by atoms with Gasteiger partial charge in [0.1, 0.15) is 5.75 Å². The fraction of sp³-hybridized carbons (Fsp3) is 0.182. The second-order valence-electron chi connectivity index (χ2n) is 3.16. The summed E-state index contributed by atoms with van der Waals surface area (Å²) < 4.78 is 6.70. The van der Waals surface area contributed by atoms with Gasteiger partial charge in [-0.25, -0.2) is 0 Å². The first-order valence-corrected chi connectivity index (χ1v) is 4.36. The number of aryl methyl sites for hydroxylation is 1. The summed E-state index contributed by atoms with van der Waals surface area (Å²) in [5.74, 6) is 0.628. The second kappa shape index (κ2) is 3.18. The summed E-state index contributed by atoms with van der Waals surface area (Å²) in [5.41, 5.74) is -0.0278. The van der Waals surface area contributed by atoms with Gasteiger partial charge >= 0.3 is 0 Å². The minimum absolute atomic E-state index is 0.0278. The van der Waals surface area contributed by atoms with Crippen LogP contribution in [0.5, 0.6) is 5.75 Å². The SMILES string of the molecule is COc1cccc2ccn(C)c(=O)c12. The van der Waals surface area contributed by atoms with Crippen molar-refractivity contribution in [1.29, 1.82) is 0 Å². The Morgan fingerprint density at radius 1 is 1.29 bits per heavy atom. The Bertz CT molecular complexity index is 528. The molecule has 0 aliphatic heterocycles. The molecule has 0 atom stereocenters. The van der Waals surface area contributed by atoms with Gasteiger partial charge in [0.25, 0.3) is 5.56 Å². The molecule has 1 aromatic heterocycles. The van der Waals surface area contributed by atoms with Crippen molar-refractivity contribution in [3.05, 3.63) is 40.8 Å². The zero-order valence-electron chi connectivity index (χ0n) is 8.15. The molecule has 0 radical (unpaired) electrons. The molecule has 1 heterocycles. The lowest BCUT2D eigenvalue weighted by Gasteiger charge is -2.05. The molecule has 14 heavy (non-hydrogen) atoms. The van der Waals surface area contributed by atoms with Crippen LogP contribution >= 0.6 is 0 Å². The highest BCUT2D eigenvalue weighted by atomic mass is 16.5. The first kappa shape index (κ1) is 8.81. The summed E-state index contributed by atoms with van der Waals surface area (Å²) in [6.45, 7) is 0. The van der Waals surface area contributed by atoms with Crippen molar-refractivity contribution in [2.24, 2.45) is 7.05 Å². The maximum Gasteiger partial charge on any atom is 0.261 e. The van der Waals surface area contributed by atoms with Crippen molar-refractivity contribution in [2.45, 2.75) is 0 Å². The lowest BCUT2D eigenvalue weighted by molar-refractivity contribution is 0.419. The maximum absolute atomic E-state index is 11.8. The number of ether oxygens (including phenoxy) is 1. The molecule has 0 fully saturated rings. The van der Waals surface area contributed by atoms with E-state index in [4.69, 9.17) is 4.74 Å². The van der Waals surface area contributed by atoms with Gasteiger partial charge in [-0.2, -0.15) is 0 Å². The molecule has 0 N–H and O–H groups in total. The number of hydrogen-bond donors (Lipinski definition) is 0. The van der Waals surface area contributed by atoms with E-state index < -0.39 is 0 Å². The number of pyridine rings is 1. The van der Waals surface area contributed by atoms with Gasteiger partial charge in [-0.05, 0) is 17.5 Å². The van der Waals surface area contributed by atoms with E-state index in [2.05, 4.69) is 0 Å². The standard InChI is InChI=1S/C11H11NO2/c1-12-7-6-8-4-3-5-9(14-2)10(8)11(12)13/h3-7H,1-2H3. The quantitative estimate of drug-likeness (QED) is 0.681. The molecular weight excluding hydrogens is 178 g/mol. The van der Waals surface area contributed by atoms with Crippen molar-refractivity contribution in [3.63, 3.8) is 0 Å². The highest BCUT2D eigenvalue weighted by Crippen LogP contribution is 2.20. The predicted molar refractivity (Wildman–Crippen MR) is 55.7 cm³/mol. The Morgan fingerprint density at radius 2 is 2.07 bits per heavy atom. The van der Waals surface area contributed by atoms with E-state index >= 15 is 0 Å². The minimum atomic E-state index is -0.0278. The largest absolute Gasteiger partial charge is 0.496 e. The number of hydrogen-bond acceptors (Lipinski definition) is 2. The average molecular weight is 189 g/mol. The van der Waals surface area contributed by atoms with Gasteiger partial charge in [0.05, 0.1) is 12.5 Å². The van der Waals surface area contributed by atoms with Crippen molar-refractivity contribution >= 4 is 10.8 Å². The van der Waals surface area contributed by atoms with Crippen LogP contribution in [-0.2, 0) is 7.05 Å². The van der Waals surface area contributed by atoms with Crippen LogP contribution in [0.15, 0.2) is 35.3 Å². The van der Waals surface area contributed by atoms with Crippen LogP contribution in [-0.4, -0.2) is 11.7 Å². The molecule has 72 valence electrons. The molecular formula is C11H11NO2. The normalized spacial score (nSPS) is 10.4. The highest BCUT2D eigenvalue weighted by Gasteiger charge is 2.05. The molecule has 3 nitrogen and oxygen atoms in total. The summed E-state index contributed by atoms with van der Waals surface area (Å²) in [6.07, 6.45) is 1.75. The van der Waals surface area contributed by atoms with E-state index in [1.807, 2.05) is 18.2 Å². The van der Waals surface area contributed by atoms with Gasteiger partial charge in [0.15, 0.2) is 0 Å². The Labute approximate surface area is 81.5 Å². The second-order valence-corrected chi connectivity index (χ2v) is 3.16. The Kier molecular flexibility index (Phi) is 2.00. The molecule has 2 rings (SSSR count). The third-order valence-corrected chi connectivity index (χ3v) is 2.29. The van der Waals surface area contributed by atoms with Crippen LogP contribution in [0.1, 0.15) is 0 Å². The Balaban J connectivity index is 2.97. The van der Waals surface area contributed by atoms with Gasteiger partial charge < -0.3 is 9.30 Å². The van der Waals surface area contributed by atoms with Crippen LogP contribution in [0.25, 0.3) is 10.8 Å². The predicted octanol–water partition coefficient (Wildman–Crippen LogP) is 1.55. The first-order chi connectivity index (χ1) is 6.74. The summed E-state index contributed by atoms with van der Waals surface area (Å²) >= 11 is 0. The lowest BCUT2D eigenvalue weighted by Crippen LogP contribution is -2.16. The van der Waals surface area contributed by atoms with Gasteiger partial charge in [-0.1, -0.05) is 12.1 Å². The van der Waals surface area contributed by atoms with Crippen molar-refractivity contribution in [1.82, 2.24) is 4.57 Å². The summed E-state index contributed by atoms with van der Waals surface area (Å²) in [5, 5.41) is 1.55. The fourth-order valence-electron chi connectivity index (χ4n) is 1.52. The Morgan fingerprint density at radius 3 is 2.79 bits per heavy atom. The van der Waals surface area contributed by atoms with Gasteiger partial charge in [-0.15, -0.1) is 0 Å². The van der Waals surface area contributed by atoms with E-state index in [0.29, 0.717) is 11.1 Å². The molecule has 2 aromatic rings. The third kappa shape index (κ3) is 1.18. The number of methoxy groups -OCH3 is 1. The van der Waals surface area contributed by atoms with Crippen molar-refractivity contribution in [2.75, 3.05) is 7.11 Å². The molecule has 0 amide bonds. The van der Waals surface area contributed by atoms with Crippen LogP contribution in [0.3, 0.4) is 0 Å². The summed E-state index contributed by atoms with van der Waals surface area (Å²) in [7, 11) is 3.30. The first-order valence-electron chi connectivity index (χ1n) is 4.36. The molecule has 1 aromatic carbocycles. The molecule has 0 spiro atoms. The number of aromatic nitrogens is 1. The van der Waals surface area contributed by atoms with Crippen molar-refractivity contribution in [3.8, 4) is 5.75 Å². The lowest BCUT2D eigenvalue weighted by atomic mass is 10.1. The molecule has 0 aliphatic carbocycles. The fourth-order valence-corrected chi connectivity index (χ4v) is 1.52. The Hall–Kier alpha value is -1.77. The highest BCUT2D eigenvalue weighted by molar-refractivity contribution is 5.87. The number of rotatable bonds is 1. The molecule has 0 bridgehead atoms. The molecule has 0 saturated carbocycles. The van der Waals surface area contributed by atoms with Gasteiger partial charge in [0, 0.05) is 13.2 Å². The average Bonchev–Trinajstić information content (AvgIpc) is 2.23. The van der Waals surface area contributed by atoms with E-state index in [1.165, 1.54) is 0 Å². The van der Waals surface area contributed by atoms with Gasteiger partial charge in [-0.3, -0.25) is 4.79 Å². The molecule has 3 heteroatoms. The minimum Gasteiger partial charge on any atom is -0.496 e.